The Morgan fingerprint density at radius 1 is 1.56 bits per heavy atom. The molecule has 9 heavy (non-hydrogen) atoms. The van der Waals surface area contributed by atoms with Gasteiger partial charge in [0.05, 0.1) is 0 Å². The zero-order valence-electron chi connectivity index (χ0n) is 4.90. The van der Waals surface area contributed by atoms with Crippen molar-refractivity contribution in [1.82, 2.24) is 0 Å². The molecule has 0 bridgehead atoms. The molecule has 1 heterocycles. The third-order valence-electron chi connectivity index (χ3n) is 0.877. The Morgan fingerprint density at radius 2 is 2.22 bits per heavy atom. The van der Waals surface area contributed by atoms with Gasteiger partial charge in [-0.1, -0.05) is 0 Å². The third kappa shape index (κ3) is 2.04. The van der Waals surface area contributed by atoms with E-state index >= 15 is 0 Å². The van der Waals surface area contributed by atoms with Crippen LogP contribution in [-0.4, -0.2) is 6.29 Å². The van der Waals surface area contributed by atoms with Gasteiger partial charge in [-0.25, -0.2) is 0 Å². The molecule has 0 atom stereocenters. The molecule has 0 N–H and O–H groups in total. The van der Waals surface area contributed by atoms with Gasteiger partial charge in [0.1, 0.15) is 5.76 Å². The number of aldehydes is 1. The van der Waals surface area contributed by atoms with Crippen LogP contribution in [0.3, 0.4) is 0 Å². The maximum atomic E-state index is 9.93. The van der Waals surface area contributed by atoms with Gasteiger partial charge < -0.3 is 4.42 Å². The van der Waals surface area contributed by atoms with Crippen LogP contribution >= 0.6 is 0 Å². The Morgan fingerprint density at radius 3 is 2.44 bits per heavy atom. The molecule has 1 rings (SSSR count). The van der Waals surface area contributed by atoms with Crippen LogP contribution < -0.4 is 0 Å². The smallest absolute Gasteiger partial charge is 0.185 e. The molecule has 0 spiro atoms. The van der Waals surface area contributed by atoms with Crippen molar-refractivity contribution in [3.8, 4) is 0 Å². The predicted molar refractivity (Wildman–Crippen MR) is 28.8 cm³/mol. The van der Waals surface area contributed by atoms with Crippen molar-refractivity contribution in [2.45, 2.75) is 6.92 Å². The van der Waals surface area contributed by atoms with Crippen LogP contribution in [-0.2, 0) is 17.1 Å². The molecule has 0 aliphatic carbocycles. The Labute approximate surface area is 63.7 Å². The van der Waals surface area contributed by atoms with Gasteiger partial charge in [-0.15, -0.1) is 0 Å². The molecule has 1 aromatic heterocycles. The minimum absolute atomic E-state index is 0. The number of carbonyl (C=O) groups excluding carboxylic acids is 1. The first-order chi connectivity index (χ1) is 3.83. The van der Waals surface area contributed by atoms with Gasteiger partial charge in [-0.05, 0) is 19.1 Å². The van der Waals surface area contributed by atoms with Crippen LogP contribution in [0.4, 0.5) is 0 Å². The van der Waals surface area contributed by atoms with Gasteiger partial charge in [0.15, 0.2) is 12.0 Å². The summed E-state index contributed by atoms with van der Waals surface area (Å²) in [5, 5.41) is 0. The van der Waals surface area contributed by atoms with Gasteiger partial charge in [0.25, 0.3) is 0 Å². The maximum absolute atomic E-state index is 9.93. The SMILES string of the molecule is Cc1ccc(C=O)o1.[Fe]. The summed E-state index contributed by atoms with van der Waals surface area (Å²) >= 11 is 0. The molecule has 0 radical (unpaired) electrons. The zero-order chi connectivity index (χ0) is 5.98. The predicted octanol–water partition coefficient (Wildman–Crippen LogP) is 1.40. The molecule has 0 aliphatic rings. The van der Waals surface area contributed by atoms with E-state index in [2.05, 4.69) is 0 Å². The maximum Gasteiger partial charge on any atom is 0.185 e. The van der Waals surface area contributed by atoms with E-state index in [9.17, 15) is 4.79 Å². The number of carbonyl (C=O) groups is 1. The first-order valence-electron chi connectivity index (χ1n) is 2.34. The molecule has 1 aromatic rings. The van der Waals surface area contributed by atoms with Gasteiger partial charge in [0.2, 0.25) is 0 Å². The van der Waals surface area contributed by atoms with Crippen molar-refractivity contribution in [2.75, 3.05) is 0 Å². The summed E-state index contributed by atoms with van der Waals surface area (Å²) < 4.78 is 4.86. The second-order valence-corrected chi connectivity index (χ2v) is 1.57. The molecule has 2 nitrogen and oxygen atoms in total. The van der Waals surface area contributed by atoms with Crippen LogP contribution in [0.15, 0.2) is 16.5 Å². The van der Waals surface area contributed by atoms with Crippen LogP contribution in [0.1, 0.15) is 16.3 Å². The van der Waals surface area contributed by atoms with Crippen molar-refractivity contribution in [2.24, 2.45) is 0 Å². The summed E-state index contributed by atoms with van der Waals surface area (Å²) in [4.78, 5) is 9.93. The zero-order valence-corrected chi connectivity index (χ0v) is 6.01. The number of aryl methyl sites for hydroxylation is 1. The second kappa shape index (κ2) is 3.49. The van der Waals surface area contributed by atoms with Crippen LogP contribution in [0.2, 0.25) is 0 Å². The Kier molecular flexibility index (Phi) is 3.28. The fraction of sp³-hybridized carbons (Fsp3) is 0.167. The fourth-order valence-electron chi connectivity index (χ4n) is 0.517. The van der Waals surface area contributed by atoms with E-state index < -0.39 is 0 Å². The van der Waals surface area contributed by atoms with Crippen molar-refractivity contribution < 1.29 is 26.3 Å². The molecule has 3 heteroatoms. The average Bonchev–Trinajstić information content (AvgIpc) is 2.14. The van der Waals surface area contributed by atoms with Gasteiger partial charge in [-0.3, -0.25) is 4.79 Å². The van der Waals surface area contributed by atoms with E-state index in [-0.39, 0.29) is 17.1 Å². The standard InChI is InChI=1S/C6H6O2.Fe/c1-5-2-3-6(4-7)8-5;/h2-4H,1H3;. The molecule has 0 saturated heterocycles. The topological polar surface area (TPSA) is 30.2 Å². The van der Waals surface area contributed by atoms with E-state index in [0.29, 0.717) is 12.0 Å². The summed E-state index contributed by atoms with van der Waals surface area (Å²) in [6, 6.07) is 3.39. The molecular weight excluding hydrogens is 160 g/mol. The van der Waals surface area contributed by atoms with Crippen LogP contribution in [0.5, 0.6) is 0 Å². The second-order valence-electron chi connectivity index (χ2n) is 1.57. The molecule has 0 aromatic carbocycles. The van der Waals surface area contributed by atoms with E-state index in [1.807, 2.05) is 0 Å². The minimum atomic E-state index is 0. The summed E-state index contributed by atoms with van der Waals surface area (Å²) in [6.45, 7) is 1.80. The monoisotopic (exact) mass is 166 g/mol. The third-order valence-corrected chi connectivity index (χ3v) is 0.877. The average molecular weight is 166 g/mol. The van der Waals surface area contributed by atoms with Crippen molar-refractivity contribution in [1.29, 1.82) is 0 Å². The first kappa shape index (κ1) is 8.47. The van der Waals surface area contributed by atoms with Crippen molar-refractivity contribution in [3.05, 3.63) is 23.7 Å². The van der Waals surface area contributed by atoms with Crippen LogP contribution in [0.25, 0.3) is 0 Å². The minimum Gasteiger partial charge on any atom is -0.459 e. The van der Waals surface area contributed by atoms with E-state index in [4.69, 9.17) is 4.42 Å². The molecule has 0 amide bonds. The number of hydrogen-bond donors (Lipinski definition) is 0. The summed E-state index contributed by atoms with van der Waals surface area (Å²) in [6.07, 6.45) is 0.688. The summed E-state index contributed by atoms with van der Waals surface area (Å²) in [7, 11) is 0. The van der Waals surface area contributed by atoms with Crippen molar-refractivity contribution >= 4 is 6.29 Å². The van der Waals surface area contributed by atoms with Gasteiger partial charge >= 0.3 is 0 Å². The Bertz CT molecular complexity index is 193. The summed E-state index contributed by atoms with van der Waals surface area (Å²) in [5.74, 6) is 1.16. The molecule has 0 aliphatic heterocycles. The number of furan rings is 1. The van der Waals surface area contributed by atoms with Crippen molar-refractivity contribution in [3.63, 3.8) is 0 Å². The first-order valence-corrected chi connectivity index (χ1v) is 2.34. The van der Waals surface area contributed by atoms with E-state index in [1.165, 1.54) is 0 Å². The molecule has 0 unspecified atom stereocenters. The Hall–Kier alpha value is -0.531. The molecule has 0 fully saturated rings. The summed E-state index contributed by atoms with van der Waals surface area (Å²) in [5.41, 5.74) is 0. The number of hydrogen-bond acceptors (Lipinski definition) is 2. The normalized spacial score (nSPS) is 8.11. The van der Waals surface area contributed by atoms with Gasteiger partial charge in [0, 0.05) is 17.1 Å². The van der Waals surface area contributed by atoms with E-state index in [0.717, 1.165) is 5.76 Å². The fourth-order valence-corrected chi connectivity index (χ4v) is 0.517. The van der Waals surface area contributed by atoms with Crippen LogP contribution in [0, 0.1) is 6.92 Å². The largest absolute Gasteiger partial charge is 0.459 e. The molecule has 50 valence electrons. The Balaban J connectivity index is 0.000000640. The van der Waals surface area contributed by atoms with E-state index in [1.54, 1.807) is 19.1 Å². The number of rotatable bonds is 1. The molecule has 0 saturated carbocycles. The molecular formula is C6H6FeO2. The van der Waals surface area contributed by atoms with Gasteiger partial charge in [-0.2, -0.15) is 0 Å². The quantitative estimate of drug-likeness (QED) is 0.466.